The lowest BCUT2D eigenvalue weighted by Crippen LogP contribution is -2.34. The molecule has 2 rings (SSSR count). The van der Waals surface area contributed by atoms with Crippen LogP contribution in [0.2, 0.25) is 0 Å². The Bertz CT molecular complexity index is 470. The molecule has 0 heterocycles. The fraction of sp³-hybridized carbons (Fsp3) is 0.500. The van der Waals surface area contributed by atoms with Crippen LogP contribution in [-0.2, 0) is 21.3 Å². The Labute approximate surface area is 109 Å². The van der Waals surface area contributed by atoms with Crippen LogP contribution in [0.3, 0.4) is 0 Å². The number of rotatable bonds is 2. The predicted molar refractivity (Wildman–Crippen MR) is 63.6 cm³/mol. The Morgan fingerprint density at radius 1 is 1.21 bits per heavy atom. The maximum atomic E-state index is 12.7. The molecule has 0 spiro atoms. The number of carbonyl (C=O) groups is 1. The van der Waals surface area contributed by atoms with E-state index in [4.69, 9.17) is 4.74 Å². The van der Waals surface area contributed by atoms with E-state index in [2.05, 4.69) is 0 Å². The number of alkyl halides is 3. The monoisotopic (exact) mass is 272 g/mol. The number of benzene rings is 1. The van der Waals surface area contributed by atoms with Gasteiger partial charge in [-0.15, -0.1) is 0 Å². The fourth-order valence-corrected chi connectivity index (χ4v) is 2.52. The molecule has 0 radical (unpaired) electrons. The molecule has 5 heteroatoms. The van der Waals surface area contributed by atoms with Crippen molar-refractivity contribution in [3.8, 4) is 0 Å². The Hall–Kier alpha value is -1.36. The highest BCUT2D eigenvalue weighted by molar-refractivity contribution is 5.79. The van der Waals surface area contributed by atoms with Crippen molar-refractivity contribution >= 4 is 5.78 Å². The standard InChI is InChI=1S/C14H15F3O2/c1-19-13(7-5-12(18)6-8-13)10-3-2-4-11(9-10)14(15,16)17/h2-4,9H,5-8H2,1H3. The first kappa shape index (κ1) is 14.1. The zero-order chi connectivity index (χ0) is 14.1. The van der Waals surface area contributed by atoms with Crippen molar-refractivity contribution in [3.63, 3.8) is 0 Å². The number of methoxy groups -OCH3 is 1. The van der Waals surface area contributed by atoms with E-state index in [-0.39, 0.29) is 5.78 Å². The molecule has 1 fully saturated rings. The van der Waals surface area contributed by atoms with E-state index in [1.165, 1.54) is 13.2 Å². The summed E-state index contributed by atoms with van der Waals surface area (Å²) in [5, 5.41) is 0. The molecule has 0 amide bonds. The fourth-order valence-electron chi connectivity index (χ4n) is 2.52. The summed E-state index contributed by atoms with van der Waals surface area (Å²) < 4.78 is 43.7. The van der Waals surface area contributed by atoms with Crippen LogP contribution < -0.4 is 0 Å². The van der Waals surface area contributed by atoms with Crippen molar-refractivity contribution in [3.05, 3.63) is 35.4 Å². The van der Waals surface area contributed by atoms with Gasteiger partial charge in [-0.05, 0) is 30.5 Å². The smallest absolute Gasteiger partial charge is 0.374 e. The summed E-state index contributed by atoms with van der Waals surface area (Å²) in [7, 11) is 1.48. The lowest BCUT2D eigenvalue weighted by Gasteiger charge is -2.36. The van der Waals surface area contributed by atoms with Crippen LogP contribution in [0.15, 0.2) is 24.3 Å². The minimum atomic E-state index is -4.37. The minimum absolute atomic E-state index is 0.139. The van der Waals surface area contributed by atoms with Crippen LogP contribution in [0.4, 0.5) is 13.2 Å². The first-order valence-electron chi connectivity index (χ1n) is 6.12. The van der Waals surface area contributed by atoms with E-state index in [1.807, 2.05) is 0 Å². The number of ketones is 1. The molecule has 0 aliphatic heterocycles. The van der Waals surface area contributed by atoms with E-state index >= 15 is 0 Å². The highest BCUT2D eigenvalue weighted by atomic mass is 19.4. The molecule has 104 valence electrons. The maximum Gasteiger partial charge on any atom is 0.416 e. The molecule has 0 aromatic heterocycles. The molecule has 1 aromatic carbocycles. The predicted octanol–water partition coefficient (Wildman–Crippen LogP) is 3.69. The molecule has 1 aliphatic rings. The van der Waals surface area contributed by atoms with Crippen molar-refractivity contribution < 1.29 is 22.7 Å². The Morgan fingerprint density at radius 2 is 1.84 bits per heavy atom. The molecule has 0 bridgehead atoms. The molecular weight excluding hydrogens is 257 g/mol. The molecule has 1 aliphatic carbocycles. The van der Waals surface area contributed by atoms with Gasteiger partial charge in [-0.2, -0.15) is 13.2 Å². The third kappa shape index (κ3) is 2.81. The highest BCUT2D eigenvalue weighted by Crippen LogP contribution is 2.40. The molecule has 0 saturated heterocycles. The zero-order valence-corrected chi connectivity index (χ0v) is 10.6. The number of carbonyl (C=O) groups excluding carboxylic acids is 1. The Morgan fingerprint density at radius 3 is 2.37 bits per heavy atom. The van der Waals surface area contributed by atoms with Gasteiger partial charge in [0.05, 0.1) is 11.2 Å². The van der Waals surface area contributed by atoms with Gasteiger partial charge in [0.25, 0.3) is 0 Å². The van der Waals surface area contributed by atoms with Crippen molar-refractivity contribution in [1.82, 2.24) is 0 Å². The summed E-state index contributed by atoms with van der Waals surface area (Å²) >= 11 is 0. The largest absolute Gasteiger partial charge is 0.416 e. The summed E-state index contributed by atoms with van der Waals surface area (Å²) in [4.78, 5) is 11.3. The summed E-state index contributed by atoms with van der Waals surface area (Å²) in [6.07, 6.45) is -2.79. The van der Waals surface area contributed by atoms with Gasteiger partial charge in [-0.1, -0.05) is 12.1 Å². The van der Waals surface area contributed by atoms with Crippen LogP contribution >= 0.6 is 0 Å². The van der Waals surface area contributed by atoms with Crippen LogP contribution in [0.5, 0.6) is 0 Å². The number of hydrogen-bond donors (Lipinski definition) is 0. The lowest BCUT2D eigenvalue weighted by molar-refractivity contribution is -0.138. The van der Waals surface area contributed by atoms with Gasteiger partial charge in [0.2, 0.25) is 0 Å². The topological polar surface area (TPSA) is 26.3 Å². The highest BCUT2D eigenvalue weighted by Gasteiger charge is 2.38. The third-order valence-electron chi connectivity index (χ3n) is 3.72. The molecule has 1 aromatic rings. The Balaban J connectivity index is 2.36. The molecule has 0 atom stereocenters. The summed E-state index contributed by atoms with van der Waals surface area (Å²) in [5.41, 5.74) is -0.953. The first-order chi connectivity index (χ1) is 8.87. The van der Waals surface area contributed by atoms with Crippen molar-refractivity contribution in [1.29, 1.82) is 0 Å². The van der Waals surface area contributed by atoms with Crippen molar-refractivity contribution in [2.24, 2.45) is 0 Å². The normalized spacial score (nSPS) is 19.5. The van der Waals surface area contributed by atoms with Gasteiger partial charge in [0.1, 0.15) is 5.78 Å². The summed E-state index contributed by atoms with van der Waals surface area (Å²) in [6, 6.07) is 5.18. The van der Waals surface area contributed by atoms with Crippen LogP contribution in [0, 0.1) is 0 Å². The molecule has 2 nitrogen and oxygen atoms in total. The van der Waals surface area contributed by atoms with E-state index in [9.17, 15) is 18.0 Å². The van der Waals surface area contributed by atoms with Gasteiger partial charge >= 0.3 is 6.18 Å². The molecule has 0 N–H and O–H groups in total. The van der Waals surface area contributed by atoms with Gasteiger partial charge in [-0.25, -0.2) is 0 Å². The number of ether oxygens (including phenoxy) is 1. The second kappa shape index (κ2) is 4.96. The van der Waals surface area contributed by atoms with Crippen LogP contribution in [0.25, 0.3) is 0 Å². The van der Waals surface area contributed by atoms with Crippen LogP contribution in [-0.4, -0.2) is 12.9 Å². The zero-order valence-electron chi connectivity index (χ0n) is 10.6. The second-order valence-electron chi connectivity index (χ2n) is 4.82. The number of Topliss-reactive ketones (excluding diaryl/α,β-unsaturated/α-hetero) is 1. The van der Waals surface area contributed by atoms with E-state index < -0.39 is 17.3 Å². The quantitative estimate of drug-likeness (QED) is 0.820. The van der Waals surface area contributed by atoms with E-state index in [0.29, 0.717) is 31.2 Å². The Kier molecular flexibility index (Phi) is 3.67. The SMILES string of the molecule is COC1(c2cccc(C(F)(F)F)c2)CCC(=O)CC1. The van der Waals surface area contributed by atoms with Gasteiger partial charge in [0.15, 0.2) is 0 Å². The minimum Gasteiger partial charge on any atom is -0.374 e. The van der Waals surface area contributed by atoms with Gasteiger partial charge in [-0.3, -0.25) is 4.79 Å². The molecule has 1 saturated carbocycles. The van der Waals surface area contributed by atoms with Crippen LogP contribution in [0.1, 0.15) is 36.8 Å². The van der Waals surface area contributed by atoms with Crippen molar-refractivity contribution in [2.75, 3.05) is 7.11 Å². The average Bonchev–Trinajstić information content (AvgIpc) is 2.39. The maximum absolute atomic E-state index is 12.7. The first-order valence-corrected chi connectivity index (χ1v) is 6.12. The number of hydrogen-bond acceptors (Lipinski definition) is 2. The molecule has 19 heavy (non-hydrogen) atoms. The second-order valence-corrected chi connectivity index (χ2v) is 4.82. The third-order valence-corrected chi connectivity index (χ3v) is 3.72. The van der Waals surface area contributed by atoms with Gasteiger partial charge < -0.3 is 4.74 Å². The van der Waals surface area contributed by atoms with Gasteiger partial charge in [0, 0.05) is 20.0 Å². The lowest BCUT2D eigenvalue weighted by atomic mass is 9.78. The average molecular weight is 272 g/mol. The summed E-state index contributed by atoms with van der Waals surface area (Å²) in [5.74, 6) is 0.139. The molecule has 0 unspecified atom stereocenters. The van der Waals surface area contributed by atoms with Crippen molar-refractivity contribution in [2.45, 2.75) is 37.5 Å². The van der Waals surface area contributed by atoms with E-state index in [0.717, 1.165) is 12.1 Å². The number of halogens is 3. The molecular formula is C14H15F3O2. The van der Waals surface area contributed by atoms with E-state index in [1.54, 1.807) is 6.07 Å². The summed E-state index contributed by atoms with van der Waals surface area (Å²) in [6.45, 7) is 0.